The fourth-order valence-corrected chi connectivity index (χ4v) is 6.69. The molecule has 0 unspecified atom stereocenters. The number of fused-ring (bicyclic) bond motifs is 3. The number of hydrogen-bond acceptors (Lipinski definition) is 8. The van der Waals surface area contributed by atoms with Crippen molar-refractivity contribution in [3.05, 3.63) is 52.9 Å². The van der Waals surface area contributed by atoms with Crippen LogP contribution in [0.5, 0.6) is 0 Å². The summed E-state index contributed by atoms with van der Waals surface area (Å²) < 4.78 is 63.3. The Morgan fingerprint density at radius 1 is 1.05 bits per heavy atom. The zero-order valence-corrected chi connectivity index (χ0v) is 26.6. The Kier molecular flexibility index (Phi) is 8.26. The predicted molar refractivity (Wildman–Crippen MR) is 164 cm³/mol. The highest BCUT2D eigenvalue weighted by atomic mass is 32.2. The van der Waals surface area contributed by atoms with Gasteiger partial charge in [0.15, 0.2) is 0 Å². The van der Waals surface area contributed by atoms with E-state index in [0.717, 1.165) is 6.04 Å². The highest BCUT2D eigenvalue weighted by molar-refractivity contribution is 7.88. The molecule has 3 aromatic rings. The van der Waals surface area contributed by atoms with Crippen molar-refractivity contribution in [2.45, 2.75) is 46.3 Å². The average molecular weight is 618 g/mol. The van der Waals surface area contributed by atoms with Crippen LogP contribution in [-0.2, 0) is 21.5 Å². The van der Waals surface area contributed by atoms with Gasteiger partial charge in [0.05, 0.1) is 34.6 Å². The highest BCUT2D eigenvalue weighted by Gasteiger charge is 2.30. The number of nitrogens with one attached hydrogen (secondary N) is 1. The molecule has 1 aromatic carbocycles. The minimum Gasteiger partial charge on any atom is -0.360 e. The maximum Gasteiger partial charge on any atom is 0.211 e. The second-order valence-electron chi connectivity index (χ2n) is 11.9. The van der Waals surface area contributed by atoms with Gasteiger partial charge in [0.1, 0.15) is 35.7 Å². The first-order valence-electron chi connectivity index (χ1n) is 13.9. The number of rotatable bonds is 8. The first-order chi connectivity index (χ1) is 19.7. The molecule has 1 N–H and O–H groups in total. The van der Waals surface area contributed by atoms with Crippen molar-refractivity contribution in [1.29, 1.82) is 0 Å². The lowest BCUT2D eigenvalue weighted by molar-refractivity contribution is 0.0796. The molecule has 0 atom stereocenters. The molecule has 1 saturated heterocycles. The Morgan fingerprint density at radius 3 is 2.33 bits per heavy atom. The van der Waals surface area contributed by atoms with Crippen LogP contribution in [0.4, 0.5) is 26.0 Å². The molecule has 0 bridgehead atoms. The van der Waals surface area contributed by atoms with Crippen LogP contribution < -0.4 is 10.2 Å². The Hall–Kier alpha value is -3.20. The predicted octanol–water partition coefficient (Wildman–Crippen LogP) is 4.74. The van der Waals surface area contributed by atoms with Gasteiger partial charge in [0.25, 0.3) is 0 Å². The number of pyridine rings is 1. The minimum atomic E-state index is -3.28. The normalized spacial score (nSPS) is 16.0. The molecule has 5 rings (SSSR count). The summed E-state index contributed by atoms with van der Waals surface area (Å²) >= 11 is 0. The molecule has 2 aliphatic heterocycles. The summed E-state index contributed by atoms with van der Waals surface area (Å²) in [6.45, 7) is 12.9. The van der Waals surface area contributed by atoms with Crippen LogP contribution in [0.3, 0.4) is 0 Å². The zero-order valence-electron chi connectivity index (χ0n) is 24.8. The number of halogens is 2. The van der Waals surface area contributed by atoms with Crippen molar-refractivity contribution in [1.82, 2.24) is 19.1 Å². The van der Waals surface area contributed by atoms with Crippen LogP contribution in [0.25, 0.3) is 11.3 Å². The quantitative estimate of drug-likeness (QED) is 0.288. The maximum atomic E-state index is 15.0. The lowest BCUT2D eigenvalue weighted by Gasteiger charge is -2.34. The average Bonchev–Trinajstić information content (AvgIpc) is 3.09. The number of benzene rings is 1. The van der Waals surface area contributed by atoms with E-state index in [1.807, 2.05) is 17.9 Å². The van der Waals surface area contributed by atoms with Gasteiger partial charge < -0.3 is 15.0 Å². The molecule has 4 heterocycles. The third-order valence-corrected chi connectivity index (χ3v) is 10.5. The standard InChI is InChI=1S/C28H37F2N7O3SSi/c1-18-25-20(16-23(31-18)35-10-12-36(13-11-35)41(3,38)39)27-26(19(2)34-37(27)17-40-14-15-42(4,5)6)33-28(32-25)24-21(29)8-7-9-22(24)30/h7-9,16H,10-15,17H2,1-6H3,(H,32,33). The molecule has 42 heavy (non-hydrogen) atoms. The third kappa shape index (κ3) is 6.26. The number of hydrogen-bond donors (Lipinski definition) is 1. The van der Waals surface area contributed by atoms with Gasteiger partial charge in [-0.3, -0.25) is 0 Å². The summed E-state index contributed by atoms with van der Waals surface area (Å²) in [6.07, 6.45) is 1.21. The fraction of sp³-hybridized carbons (Fsp3) is 0.464. The number of anilines is 2. The van der Waals surface area contributed by atoms with Crippen LogP contribution in [0, 0.1) is 25.5 Å². The van der Waals surface area contributed by atoms with Crippen molar-refractivity contribution >= 4 is 41.1 Å². The molecule has 0 radical (unpaired) electrons. The van der Waals surface area contributed by atoms with E-state index in [9.17, 15) is 17.2 Å². The Labute approximate surface area is 246 Å². The summed E-state index contributed by atoms with van der Waals surface area (Å²) in [5, 5.41) is 7.90. The van der Waals surface area contributed by atoms with Gasteiger partial charge in [-0.25, -0.2) is 31.9 Å². The zero-order chi connectivity index (χ0) is 30.4. The summed E-state index contributed by atoms with van der Waals surface area (Å²) in [5.41, 5.74) is 3.30. The molecular weight excluding hydrogens is 581 g/mol. The molecule has 14 heteroatoms. The number of aryl methyl sites for hydroxylation is 2. The maximum absolute atomic E-state index is 15.0. The van der Waals surface area contributed by atoms with Crippen LogP contribution in [-0.4, -0.2) is 80.4 Å². The Bertz CT molecular complexity index is 1630. The van der Waals surface area contributed by atoms with Gasteiger partial charge in [0, 0.05) is 46.4 Å². The fourth-order valence-electron chi connectivity index (χ4n) is 5.11. The van der Waals surface area contributed by atoms with Crippen molar-refractivity contribution in [3.63, 3.8) is 0 Å². The van der Waals surface area contributed by atoms with E-state index in [0.29, 0.717) is 72.6 Å². The minimum absolute atomic E-state index is 0.0207. The molecule has 1 fully saturated rings. The van der Waals surface area contributed by atoms with Gasteiger partial charge in [-0.15, -0.1) is 0 Å². The molecular formula is C28H37F2N7O3SSi. The third-order valence-electron chi connectivity index (χ3n) is 7.45. The van der Waals surface area contributed by atoms with E-state index in [1.165, 1.54) is 28.8 Å². The van der Waals surface area contributed by atoms with E-state index >= 15 is 0 Å². The number of sulfonamides is 1. The molecule has 0 aliphatic carbocycles. The number of ether oxygens (including phenoxy) is 1. The van der Waals surface area contributed by atoms with Gasteiger partial charge in [-0.2, -0.15) is 9.40 Å². The summed E-state index contributed by atoms with van der Waals surface area (Å²) in [4.78, 5) is 11.6. The number of amidine groups is 1. The number of aromatic nitrogens is 3. The van der Waals surface area contributed by atoms with E-state index in [4.69, 9.17) is 19.8 Å². The molecule has 226 valence electrons. The largest absolute Gasteiger partial charge is 0.360 e. The van der Waals surface area contributed by atoms with Crippen molar-refractivity contribution in [2.24, 2.45) is 4.99 Å². The van der Waals surface area contributed by atoms with E-state index in [1.54, 1.807) is 11.6 Å². The summed E-state index contributed by atoms with van der Waals surface area (Å²) in [6, 6.07) is 6.61. The molecule has 2 aliphatic rings. The summed E-state index contributed by atoms with van der Waals surface area (Å²) in [7, 11) is -4.59. The Morgan fingerprint density at radius 2 is 1.71 bits per heavy atom. The number of nitrogens with zero attached hydrogens (tertiary/aromatic N) is 6. The second-order valence-corrected chi connectivity index (χ2v) is 19.6. The van der Waals surface area contributed by atoms with Crippen LogP contribution in [0.2, 0.25) is 25.7 Å². The monoisotopic (exact) mass is 617 g/mol. The molecule has 0 spiro atoms. The van der Waals surface area contributed by atoms with E-state index in [-0.39, 0.29) is 18.1 Å². The van der Waals surface area contributed by atoms with Crippen molar-refractivity contribution in [3.8, 4) is 11.3 Å². The summed E-state index contributed by atoms with van der Waals surface area (Å²) in [5.74, 6) is -0.793. The number of aliphatic imine (C=N–C) groups is 1. The highest BCUT2D eigenvalue weighted by Crippen LogP contribution is 2.43. The first kappa shape index (κ1) is 30.3. The Balaban J connectivity index is 1.60. The number of piperazine rings is 1. The first-order valence-corrected chi connectivity index (χ1v) is 19.5. The van der Waals surface area contributed by atoms with Crippen molar-refractivity contribution in [2.75, 3.05) is 49.3 Å². The second kappa shape index (κ2) is 11.5. The molecule has 0 saturated carbocycles. The lowest BCUT2D eigenvalue weighted by Crippen LogP contribution is -2.48. The smallest absolute Gasteiger partial charge is 0.211 e. The van der Waals surface area contributed by atoms with E-state index in [2.05, 4.69) is 25.0 Å². The SMILES string of the molecule is Cc1nn(COCC[Si](C)(C)C)c2c1N=C(c1c(F)cccc1F)Nc1c-2cc(N2CCN(S(C)(=O)=O)CC2)nc1C. The molecule has 0 amide bonds. The van der Waals surface area contributed by atoms with Gasteiger partial charge in [-0.1, -0.05) is 25.7 Å². The topological polar surface area (TPSA) is 105 Å². The van der Waals surface area contributed by atoms with Crippen LogP contribution in [0.15, 0.2) is 29.3 Å². The van der Waals surface area contributed by atoms with Gasteiger partial charge >= 0.3 is 0 Å². The van der Waals surface area contributed by atoms with Gasteiger partial charge in [0.2, 0.25) is 10.0 Å². The molecule has 2 aromatic heterocycles. The lowest BCUT2D eigenvalue weighted by atomic mass is 10.1. The van der Waals surface area contributed by atoms with Crippen molar-refractivity contribution < 1.29 is 21.9 Å². The molecule has 10 nitrogen and oxygen atoms in total. The van der Waals surface area contributed by atoms with E-state index < -0.39 is 29.7 Å². The van der Waals surface area contributed by atoms with Crippen LogP contribution in [0.1, 0.15) is 17.0 Å². The van der Waals surface area contributed by atoms with Gasteiger partial charge in [-0.05, 0) is 38.1 Å². The van der Waals surface area contributed by atoms with Crippen LogP contribution >= 0.6 is 0 Å².